The Hall–Kier alpha value is -1.83. The van der Waals surface area contributed by atoms with Crippen LogP contribution in [0.3, 0.4) is 0 Å². The van der Waals surface area contributed by atoms with Gasteiger partial charge in [-0.25, -0.2) is 13.6 Å². The van der Waals surface area contributed by atoms with E-state index < -0.39 is 10.0 Å². The van der Waals surface area contributed by atoms with Crippen molar-refractivity contribution >= 4 is 27.7 Å². The average molecular weight is 350 g/mol. The molecule has 0 heterocycles. The van der Waals surface area contributed by atoms with Crippen molar-refractivity contribution in [3.05, 3.63) is 60.2 Å². The Kier molecular flexibility index (Phi) is 5.81. The van der Waals surface area contributed by atoms with Gasteiger partial charge >= 0.3 is 0 Å². The molecule has 0 aliphatic rings. The van der Waals surface area contributed by atoms with Gasteiger partial charge in [0.05, 0.1) is 10.1 Å². The maximum Gasteiger partial charge on any atom is 0.238 e. The number of benzene rings is 2. The largest absolute Gasteiger partial charge is 0.351 e. The quantitative estimate of drug-likeness (QED) is 0.781. The van der Waals surface area contributed by atoms with Crippen molar-refractivity contribution in [2.75, 3.05) is 0 Å². The molecule has 0 radical (unpaired) electrons. The third-order valence-corrected chi connectivity index (χ3v) is 5.19. The fourth-order valence-electron chi connectivity index (χ4n) is 1.89. The van der Waals surface area contributed by atoms with Crippen LogP contribution in [0.25, 0.3) is 0 Å². The topological polar surface area (TPSA) is 89.3 Å². The molecule has 2 rings (SSSR count). The number of sulfonamides is 1. The highest BCUT2D eigenvalue weighted by Gasteiger charge is 2.14. The first-order valence-corrected chi connectivity index (χ1v) is 9.40. The third-order valence-electron chi connectivity index (χ3n) is 3.14. The molecular weight excluding hydrogens is 332 g/mol. The molecular formula is C16H18N2O3S2. The van der Waals surface area contributed by atoms with Crippen molar-refractivity contribution in [3.63, 3.8) is 0 Å². The van der Waals surface area contributed by atoms with Crippen LogP contribution < -0.4 is 10.5 Å². The van der Waals surface area contributed by atoms with E-state index in [1.807, 2.05) is 37.3 Å². The smallest absolute Gasteiger partial charge is 0.238 e. The molecule has 23 heavy (non-hydrogen) atoms. The monoisotopic (exact) mass is 350 g/mol. The summed E-state index contributed by atoms with van der Waals surface area (Å²) in [5, 5.41) is 7.66. The van der Waals surface area contributed by atoms with Gasteiger partial charge in [0.1, 0.15) is 0 Å². The second kappa shape index (κ2) is 7.63. The summed E-state index contributed by atoms with van der Waals surface area (Å²) in [5.74, 6) is -0.0747. The molecule has 3 N–H and O–H groups in total. The molecule has 0 aliphatic heterocycles. The zero-order chi connectivity index (χ0) is 16.9. The van der Waals surface area contributed by atoms with Gasteiger partial charge in [0.15, 0.2) is 0 Å². The standard InChI is InChI=1S/C16H18N2O3S2/c1-12(22-14-5-3-2-4-6-14)16(19)18-11-13-7-9-15(10-8-13)23(17,20)21/h2-10,12H,11H2,1H3,(H,18,19)(H2,17,20,21). The molecule has 2 aromatic rings. The highest BCUT2D eigenvalue weighted by atomic mass is 32.2. The maximum absolute atomic E-state index is 12.1. The Morgan fingerprint density at radius 1 is 1.13 bits per heavy atom. The lowest BCUT2D eigenvalue weighted by atomic mass is 10.2. The minimum atomic E-state index is -3.69. The van der Waals surface area contributed by atoms with Crippen molar-refractivity contribution in [2.45, 2.75) is 28.5 Å². The molecule has 0 aromatic heterocycles. The minimum Gasteiger partial charge on any atom is -0.351 e. The van der Waals surface area contributed by atoms with Crippen LogP contribution in [-0.4, -0.2) is 19.6 Å². The van der Waals surface area contributed by atoms with E-state index in [4.69, 9.17) is 5.14 Å². The lowest BCUT2D eigenvalue weighted by molar-refractivity contribution is -0.120. The fraction of sp³-hybridized carbons (Fsp3) is 0.188. The zero-order valence-corrected chi connectivity index (χ0v) is 14.2. The van der Waals surface area contributed by atoms with Crippen LogP contribution >= 0.6 is 11.8 Å². The second-order valence-corrected chi connectivity index (χ2v) is 7.96. The number of carbonyl (C=O) groups excluding carboxylic acids is 1. The van der Waals surface area contributed by atoms with Gasteiger partial charge in [-0.15, -0.1) is 11.8 Å². The summed E-state index contributed by atoms with van der Waals surface area (Å²) >= 11 is 1.48. The first-order chi connectivity index (χ1) is 10.9. The molecule has 5 nitrogen and oxygen atoms in total. The van der Waals surface area contributed by atoms with Gasteiger partial charge in [0.25, 0.3) is 0 Å². The van der Waals surface area contributed by atoms with Crippen LogP contribution in [0.2, 0.25) is 0 Å². The van der Waals surface area contributed by atoms with Crippen molar-refractivity contribution in [2.24, 2.45) is 5.14 Å². The lowest BCUT2D eigenvalue weighted by Crippen LogP contribution is -2.30. The van der Waals surface area contributed by atoms with Crippen LogP contribution in [0.1, 0.15) is 12.5 Å². The van der Waals surface area contributed by atoms with Crippen molar-refractivity contribution in [3.8, 4) is 0 Å². The van der Waals surface area contributed by atoms with E-state index in [2.05, 4.69) is 5.32 Å². The Bertz CT molecular complexity index is 760. The number of carbonyl (C=O) groups is 1. The maximum atomic E-state index is 12.1. The molecule has 2 aromatic carbocycles. The molecule has 0 saturated carbocycles. The third kappa shape index (κ3) is 5.38. The van der Waals surface area contributed by atoms with Crippen LogP contribution in [0.15, 0.2) is 64.4 Å². The SMILES string of the molecule is CC(Sc1ccccc1)C(=O)NCc1ccc(S(N)(=O)=O)cc1. The predicted molar refractivity (Wildman–Crippen MR) is 91.4 cm³/mol. The number of rotatable bonds is 6. The van der Waals surface area contributed by atoms with Crippen molar-refractivity contribution < 1.29 is 13.2 Å². The van der Waals surface area contributed by atoms with E-state index >= 15 is 0 Å². The summed E-state index contributed by atoms with van der Waals surface area (Å²) in [6.07, 6.45) is 0. The molecule has 1 atom stereocenters. The Morgan fingerprint density at radius 3 is 2.30 bits per heavy atom. The van der Waals surface area contributed by atoms with Gasteiger partial charge < -0.3 is 5.32 Å². The van der Waals surface area contributed by atoms with Crippen LogP contribution in [0.5, 0.6) is 0 Å². The van der Waals surface area contributed by atoms with Crippen molar-refractivity contribution in [1.29, 1.82) is 0 Å². The van der Waals surface area contributed by atoms with Gasteiger partial charge in [0.2, 0.25) is 15.9 Å². The first kappa shape index (κ1) is 17.5. The lowest BCUT2D eigenvalue weighted by Gasteiger charge is -2.12. The molecule has 0 spiro atoms. The van der Waals surface area contributed by atoms with E-state index in [0.717, 1.165) is 10.5 Å². The van der Waals surface area contributed by atoms with Crippen LogP contribution in [0, 0.1) is 0 Å². The van der Waals surface area contributed by atoms with E-state index in [1.54, 1.807) is 12.1 Å². The Balaban J connectivity index is 1.89. The number of hydrogen-bond acceptors (Lipinski definition) is 4. The first-order valence-electron chi connectivity index (χ1n) is 6.97. The summed E-state index contributed by atoms with van der Waals surface area (Å²) in [5.41, 5.74) is 0.808. The van der Waals surface area contributed by atoms with Gasteiger partial charge in [-0.3, -0.25) is 4.79 Å². The highest BCUT2D eigenvalue weighted by Crippen LogP contribution is 2.22. The highest BCUT2D eigenvalue weighted by molar-refractivity contribution is 8.00. The minimum absolute atomic E-state index is 0.0561. The van der Waals surface area contributed by atoms with Crippen LogP contribution in [-0.2, 0) is 21.4 Å². The molecule has 122 valence electrons. The van der Waals surface area contributed by atoms with E-state index in [-0.39, 0.29) is 16.1 Å². The summed E-state index contributed by atoms with van der Waals surface area (Å²) in [6.45, 7) is 2.18. The van der Waals surface area contributed by atoms with Gasteiger partial charge in [-0.1, -0.05) is 30.3 Å². The van der Waals surface area contributed by atoms with Gasteiger partial charge in [0, 0.05) is 11.4 Å². The van der Waals surface area contributed by atoms with Crippen molar-refractivity contribution in [1.82, 2.24) is 5.32 Å². The number of thioether (sulfide) groups is 1. The second-order valence-electron chi connectivity index (χ2n) is 4.98. The van der Waals surface area contributed by atoms with Gasteiger partial charge in [-0.05, 0) is 36.8 Å². The number of nitrogens with one attached hydrogen (secondary N) is 1. The fourth-order valence-corrected chi connectivity index (χ4v) is 3.31. The molecule has 0 fully saturated rings. The van der Waals surface area contributed by atoms with Gasteiger partial charge in [-0.2, -0.15) is 0 Å². The summed E-state index contributed by atoms with van der Waals surface area (Å²) < 4.78 is 22.4. The normalized spacial score (nSPS) is 12.6. The summed E-state index contributed by atoms with van der Waals surface area (Å²) in [6, 6.07) is 15.8. The number of amides is 1. The average Bonchev–Trinajstić information content (AvgIpc) is 2.53. The number of hydrogen-bond donors (Lipinski definition) is 2. The number of primary sulfonamides is 1. The van der Waals surface area contributed by atoms with E-state index in [9.17, 15) is 13.2 Å². The van der Waals surface area contributed by atoms with Crippen LogP contribution in [0.4, 0.5) is 0 Å². The predicted octanol–water partition coefficient (Wildman–Crippen LogP) is 2.13. The summed E-state index contributed by atoms with van der Waals surface area (Å²) in [7, 11) is -3.69. The molecule has 1 unspecified atom stereocenters. The Morgan fingerprint density at radius 2 is 1.74 bits per heavy atom. The molecule has 0 bridgehead atoms. The van der Waals surface area contributed by atoms with E-state index in [1.165, 1.54) is 23.9 Å². The molecule has 1 amide bonds. The van der Waals surface area contributed by atoms with E-state index in [0.29, 0.717) is 6.54 Å². The summed E-state index contributed by atoms with van der Waals surface area (Å²) in [4.78, 5) is 13.2. The molecule has 0 aliphatic carbocycles. The molecule has 0 saturated heterocycles. The zero-order valence-electron chi connectivity index (χ0n) is 12.6. The molecule has 7 heteroatoms. The number of nitrogens with two attached hydrogens (primary N) is 1. The Labute approximate surface area is 140 Å².